The van der Waals surface area contributed by atoms with Gasteiger partial charge in [-0.15, -0.1) is 0 Å². The number of benzene rings is 1. The lowest BCUT2D eigenvalue weighted by atomic mass is 10.2. The van der Waals surface area contributed by atoms with E-state index in [-0.39, 0.29) is 29.9 Å². The van der Waals surface area contributed by atoms with Gasteiger partial charge in [0.1, 0.15) is 11.3 Å². The van der Waals surface area contributed by atoms with Crippen LogP contribution in [-0.4, -0.2) is 29.6 Å². The Labute approximate surface area is 125 Å². The van der Waals surface area contributed by atoms with Gasteiger partial charge in [0, 0.05) is 10.5 Å². The molecule has 0 spiro atoms. The molecule has 0 heterocycles. The van der Waals surface area contributed by atoms with Crippen LogP contribution in [0.15, 0.2) is 22.7 Å². The van der Waals surface area contributed by atoms with Crippen LogP contribution in [0.25, 0.3) is 0 Å². The topological polar surface area (TPSA) is 75.6 Å². The molecule has 20 heavy (non-hydrogen) atoms. The van der Waals surface area contributed by atoms with Gasteiger partial charge in [0.2, 0.25) is 0 Å². The van der Waals surface area contributed by atoms with Gasteiger partial charge in [0.15, 0.2) is 6.61 Å². The van der Waals surface area contributed by atoms with E-state index in [1.165, 1.54) is 12.1 Å². The molecule has 0 aliphatic heterocycles. The lowest BCUT2D eigenvalue weighted by Crippen LogP contribution is -2.36. The van der Waals surface area contributed by atoms with Crippen LogP contribution in [0.1, 0.15) is 36.0 Å². The number of amides is 1. The first-order chi connectivity index (χ1) is 9.56. The Bertz CT molecular complexity index is 512. The van der Waals surface area contributed by atoms with Crippen molar-refractivity contribution in [1.82, 2.24) is 5.32 Å². The summed E-state index contributed by atoms with van der Waals surface area (Å²) in [7, 11) is 0. The average molecular weight is 342 g/mol. The Morgan fingerprint density at radius 3 is 2.70 bits per heavy atom. The molecule has 1 aliphatic carbocycles. The lowest BCUT2D eigenvalue weighted by molar-refractivity contribution is -0.123. The second-order valence-corrected chi connectivity index (χ2v) is 5.70. The maximum absolute atomic E-state index is 11.7. The van der Waals surface area contributed by atoms with Crippen LogP contribution < -0.4 is 10.1 Å². The normalized spacial score (nSPS) is 15.1. The average Bonchev–Trinajstić information content (AvgIpc) is 2.90. The van der Waals surface area contributed by atoms with Gasteiger partial charge in [0.25, 0.3) is 5.91 Å². The monoisotopic (exact) mass is 341 g/mol. The molecule has 1 aliphatic rings. The Morgan fingerprint density at radius 2 is 2.05 bits per heavy atom. The summed E-state index contributed by atoms with van der Waals surface area (Å²) < 4.78 is 5.96. The molecule has 108 valence electrons. The summed E-state index contributed by atoms with van der Waals surface area (Å²) in [5.74, 6) is -1.10. The molecule has 6 heteroatoms. The Hall–Kier alpha value is -1.56. The quantitative estimate of drug-likeness (QED) is 0.862. The van der Waals surface area contributed by atoms with Crippen LogP contribution in [0.3, 0.4) is 0 Å². The number of ether oxygens (including phenoxy) is 1. The molecule has 5 nitrogen and oxygen atoms in total. The maximum Gasteiger partial charge on any atom is 0.339 e. The summed E-state index contributed by atoms with van der Waals surface area (Å²) in [6.45, 7) is -0.168. The highest BCUT2D eigenvalue weighted by Crippen LogP contribution is 2.23. The summed E-state index contributed by atoms with van der Waals surface area (Å²) >= 11 is 3.20. The van der Waals surface area contributed by atoms with Gasteiger partial charge in [-0.2, -0.15) is 0 Å². The third-order valence-electron chi connectivity index (χ3n) is 3.25. The second-order valence-electron chi connectivity index (χ2n) is 4.78. The zero-order chi connectivity index (χ0) is 14.5. The molecule has 1 fully saturated rings. The molecule has 1 aromatic rings. The number of carbonyl (C=O) groups is 2. The van der Waals surface area contributed by atoms with Crippen molar-refractivity contribution in [3.05, 3.63) is 28.2 Å². The fourth-order valence-corrected chi connectivity index (χ4v) is 2.64. The zero-order valence-corrected chi connectivity index (χ0v) is 12.5. The van der Waals surface area contributed by atoms with Crippen molar-refractivity contribution in [2.75, 3.05) is 6.61 Å². The van der Waals surface area contributed by atoms with Crippen LogP contribution >= 0.6 is 15.9 Å². The Morgan fingerprint density at radius 1 is 1.35 bits per heavy atom. The molecular weight excluding hydrogens is 326 g/mol. The predicted octanol–water partition coefficient (Wildman–Crippen LogP) is 2.58. The van der Waals surface area contributed by atoms with Gasteiger partial charge in [-0.1, -0.05) is 28.8 Å². The summed E-state index contributed by atoms with van der Waals surface area (Å²) in [5.41, 5.74) is 0.0352. The summed E-state index contributed by atoms with van der Waals surface area (Å²) in [6.07, 6.45) is 4.29. The molecule has 0 saturated heterocycles. The SMILES string of the molecule is O=C(COc1ccc(Br)cc1C(=O)O)NC1CCCC1. The van der Waals surface area contributed by atoms with E-state index in [0.29, 0.717) is 4.47 Å². The van der Waals surface area contributed by atoms with Crippen molar-refractivity contribution >= 4 is 27.8 Å². The van der Waals surface area contributed by atoms with E-state index in [1.807, 2.05) is 0 Å². The molecule has 0 atom stereocenters. The van der Waals surface area contributed by atoms with E-state index < -0.39 is 5.97 Å². The van der Waals surface area contributed by atoms with E-state index in [2.05, 4.69) is 21.2 Å². The number of rotatable bonds is 5. The van der Waals surface area contributed by atoms with Crippen molar-refractivity contribution in [2.24, 2.45) is 0 Å². The minimum absolute atomic E-state index is 0.0352. The number of carboxylic acids is 1. The molecule has 0 radical (unpaired) electrons. The molecule has 2 N–H and O–H groups in total. The number of hydrogen-bond donors (Lipinski definition) is 2. The summed E-state index contributed by atoms with van der Waals surface area (Å²) in [6, 6.07) is 4.90. The summed E-state index contributed by atoms with van der Waals surface area (Å²) in [4.78, 5) is 22.8. The molecule has 1 saturated carbocycles. The van der Waals surface area contributed by atoms with E-state index in [0.717, 1.165) is 25.7 Å². The van der Waals surface area contributed by atoms with E-state index in [4.69, 9.17) is 9.84 Å². The number of carboxylic acid groups (broad SMARTS) is 1. The van der Waals surface area contributed by atoms with E-state index in [9.17, 15) is 9.59 Å². The van der Waals surface area contributed by atoms with Crippen molar-refractivity contribution in [3.63, 3.8) is 0 Å². The smallest absolute Gasteiger partial charge is 0.339 e. The first-order valence-corrected chi connectivity index (χ1v) is 7.30. The molecule has 2 rings (SSSR count). The van der Waals surface area contributed by atoms with E-state index >= 15 is 0 Å². The molecule has 1 amide bonds. The van der Waals surface area contributed by atoms with Gasteiger partial charge < -0.3 is 15.2 Å². The van der Waals surface area contributed by atoms with Gasteiger partial charge in [0.05, 0.1) is 0 Å². The molecule has 0 bridgehead atoms. The van der Waals surface area contributed by atoms with Crippen molar-refractivity contribution < 1.29 is 19.4 Å². The van der Waals surface area contributed by atoms with Gasteiger partial charge in [-0.25, -0.2) is 4.79 Å². The van der Waals surface area contributed by atoms with Crippen LogP contribution in [0, 0.1) is 0 Å². The second kappa shape index (κ2) is 6.74. The van der Waals surface area contributed by atoms with Crippen LogP contribution in [0.5, 0.6) is 5.75 Å². The van der Waals surface area contributed by atoms with Gasteiger partial charge in [-0.3, -0.25) is 4.79 Å². The van der Waals surface area contributed by atoms with Gasteiger partial charge >= 0.3 is 5.97 Å². The number of hydrogen-bond acceptors (Lipinski definition) is 3. The first-order valence-electron chi connectivity index (χ1n) is 6.51. The first kappa shape index (κ1) is 14.8. The summed E-state index contributed by atoms with van der Waals surface area (Å²) in [5, 5.41) is 12.0. The number of aromatic carboxylic acids is 1. The van der Waals surface area contributed by atoms with E-state index in [1.54, 1.807) is 6.07 Å². The zero-order valence-electron chi connectivity index (χ0n) is 10.9. The molecule has 0 unspecified atom stereocenters. The highest BCUT2D eigenvalue weighted by Gasteiger charge is 2.18. The lowest BCUT2D eigenvalue weighted by Gasteiger charge is -2.13. The predicted molar refractivity (Wildman–Crippen MR) is 77.0 cm³/mol. The molecule has 0 aromatic heterocycles. The standard InChI is InChI=1S/C14H16BrNO4/c15-9-5-6-12(11(7-9)14(18)19)20-8-13(17)16-10-3-1-2-4-10/h5-7,10H,1-4,8H2,(H,16,17)(H,18,19). The van der Waals surface area contributed by atoms with Crippen LogP contribution in [0.4, 0.5) is 0 Å². The van der Waals surface area contributed by atoms with Crippen LogP contribution in [-0.2, 0) is 4.79 Å². The third-order valence-corrected chi connectivity index (χ3v) is 3.74. The number of carbonyl (C=O) groups excluding carboxylic acids is 1. The minimum atomic E-state index is -1.09. The number of halogens is 1. The fourth-order valence-electron chi connectivity index (χ4n) is 2.28. The van der Waals surface area contributed by atoms with Crippen molar-refractivity contribution in [2.45, 2.75) is 31.7 Å². The Kier molecular flexibility index (Phi) is 5.00. The molecular formula is C14H16BrNO4. The minimum Gasteiger partial charge on any atom is -0.483 e. The van der Waals surface area contributed by atoms with Crippen molar-refractivity contribution in [3.8, 4) is 5.75 Å². The fraction of sp³-hybridized carbons (Fsp3) is 0.429. The van der Waals surface area contributed by atoms with Crippen LogP contribution in [0.2, 0.25) is 0 Å². The Balaban J connectivity index is 1.93. The highest BCUT2D eigenvalue weighted by atomic mass is 79.9. The van der Waals surface area contributed by atoms with Crippen molar-refractivity contribution in [1.29, 1.82) is 0 Å². The highest BCUT2D eigenvalue weighted by molar-refractivity contribution is 9.10. The molecule has 1 aromatic carbocycles. The third kappa shape index (κ3) is 3.96. The maximum atomic E-state index is 11.7. The van der Waals surface area contributed by atoms with Gasteiger partial charge in [-0.05, 0) is 31.0 Å². The largest absolute Gasteiger partial charge is 0.483 e. The number of nitrogens with one attached hydrogen (secondary N) is 1.